The first-order valence-corrected chi connectivity index (χ1v) is 8.03. The Morgan fingerprint density at radius 3 is 2.60 bits per heavy atom. The minimum atomic E-state index is 0.172. The van der Waals surface area contributed by atoms with Crippen LogP contribution in [0, 0.1) is 25.2 Å². The minimum Gasteiger partial charge on any atom is -0.484 e. The fraction of sp³-hybridized carbons (Fsp3) is 0.200. The second kappa shape index (κ2) is 7.54. The zero-order chi connectivity index (χ0) is 17.6. The molecule has 1 aromatic heterocycles. The summed E-state index contributed by atoms with van der Waals surface area (Å²) < 4.78 is 11.4. The summed E-state index contributed by atoms with van der Waals surface area (Å²) in [7, 11) is 0. The van der Waals surface area contributed by atoms with Gasteiger partial charge in [0, 0.05) is 6.54 Å². The molecule has 1 N–H and O–H groups in total. The van der Waals surface area contributed by atoms with Gasteiger partial charge in [0.05, 0.1) is 0 Å². The maximum absolute atomic E-state index is 9.24. The van der Waals surface area contributed by atoms with Gasteiger partial charge in [-0.2, -0.15) is 10.2 Å². The Labute approximate surface area is 146 Å². The molecule has 0 bridgehead atoms. The molecular formula is C20H19N3O2. The quantitative estimate of drug-likeness (QED) is 0.726. The zero-order valence-electron chi connectivity index (χ0n) is 14.2. The number of aromatic nitrogens is 1. The van der Waals surface area contributed by atoms with Crippen LogP contribution in [-0.4, -0.2) is 4.98 Å². The summed E-state index contributed by atoms with van der Waals surface area (Å²) in [4.78, 5) is 4.18. The minimum absolute atomic E-state index is 0.172. The van der Waals surface area contributed by atoms with E-state index in [-0.39, 0.29) is 12.3 Å². The van der Waals surface area contributed by atoms with Crippen molar-refractivity contribution in [3.8, 4) is 11.8 Å². The summed E-state index contributed by atoms with van der Waals surface area (Å²) in [6, 6.07) is 17.9. The fourth-order valence-electron chi connectivity index (χ4n) is 2.37. The van der Waals surface area contributed by atoms with E-state index in [9.17, 15) is 5.26 Å². The van der Waals surface area contributed by atoms with E-state index >= 15 is 0 Å². The number of hydrogen-bond donors (Lipinski definition) is 1. The lowest BCUT2D eigenvalue weighted by Gasteiger charge is -2.06. The third kappa shape index (κ3) is 4.18. The van der Waals surface area contributed by atoms with Gasteiger partial charge in [-0.05, 0) is 31.0 Å². The monoisotopic (exact) mass is 333 g/mol. The molecule has 0 unspecified atom stereocenters. The van der Waals surface area contributed by atoms with Crippen molar-refractivity contribution in [2.24, 2.45) is 0 Å². The van der Waals surface area contributed by atoms with E-state index < -0.39 is 0 Å². The van der Waals surface area contributed by atoms with E-state index in [2.05, 4.69) is 10.3 Å². The van der Waals surface area contributed by atoms with Gasteiger partial charge in [-0.15, -0.1) is 0 Å². The summed E-state index contributed by atoms with van der Waals surface area (Å²) in [6.07, 6.45) is 0. The Hall–Kier alpha value is -3.26. The van der Waals surface area contributed by atoms with Crippen molar-refractivity contribution in [1.82, 2.24) is 4.98 Å². The Balaban J connectivity index is 1.66. The van der Waals surface area contributed by atoms with E-state index in [0.29, 0.717) is 18.3 Å². The number of nitrogens with zero attached hydrogens (tertiary/aromatic N) is 2. The summed E-state index contributed by atoms with van der Waals surface area (Å²) in [5.74, 6) is 1.51. The van der Waals surface area contributed by atoms with Crippen LogP contribution in [0.5, 0.6) is 5.75 Å². The van der Waals surface area contributed by atoms with Gasteiger partial charge < -0.3 is 14.5 Å². The Morgan fingerprint density at radius 2 is 1.88 bits per heavy atom. The lowest BCUT2D eigenvalue weighted by Crippen LogP contribution is -1.99. The number of aryl methyl sites for hydroxylation is 2. The number of nitriles is 1. The molecular weight excluding hydrogens is 314 g/mol. The number of oxazole rings is 1. The Morgan fingerprint density at radius 1 is 1.12 bits per heavy atom. The average molecular weight is 333 g/mol. The predicted molar refractivity (Wildman–Crippen MR) is 95.2 cm³/mol. The average Bonchev–Trinajstić information content (AvgIpc) is 3.03. The number of benzene rings is 2. The lowest BCUT2D eigenvalue weighted by molar-refractivity contribution is 0.263. The van der Waals surface area contributed by atoms with E-state index in [4.69, 9.17) is 9.15 Å². The lowest BCUT2D eigenvalue weighted by atomic mass is 10.1. The van der Waals surface area contributed by atoms with Crippen LogP contribution in [0.15, 0.2) is 52.9 Å². The van der Waals surface area contributed by atoms with Crippen molar-refractivity contribution in [2.75, 3.05) is 5.32 Å². The van der Waals surface area contributed by atoms with Gasteiger partial charge in [-0.1, -0.05) is 48.0 Å². The highest BCUT2D eigenvalue weighted by atomic mass is 16.5. The van der Waals surface area contributed by atoms with Gasteiger partial charge in [-0.3, -0.25) is 0 Å². The summed E-state index contributed by atoms with van der Waals surface area (Å²) >= 11 is 0. The van der Waals surface area contributed by atoms with Crippen LogP contribution in [0.25, 0.3) is 0 Å². The molecule has 0 saturated heterocycles. The van der Waals surface area contributed by atoms with E-state index in [1.165, 1.54) is 5.56 Å². The molecule has 2 aromatic carbocycles. The molecule has 126 valence electrons. The van der Waals surface area contributed by atoms with Gasteiger partial charge in [-0.25, -0.2) is 0 Å². The summed E-state index contributed by atoms with van der Waals surface area (Å²) in [5, 5.41) is 12.4. The van der Waals surface area contributed by atoms with Gasteiger partial charge in [0.2, 0.25) is 17.5 Å². The molecule has 3 rings (SSSR count). The van der Waals surface area contributed by atoms with Crippen molar-refractivity contribution in [3.63, 3.8) is 0 Å². The first kappa shape index (κ1) is 16.6. The van der Waals surface area contributed by atoms with Crippen molar-refractivity contribution in [3.05, 3.63) is 76.8 Å². The van der Waals surface area contributed by atoms with Crippen molar-refractivity contribution >= 4 is 5.88 Å². The topological polar surface area (TPSA) is 71.1 Å². The largest absolute Gasteiger partial charge is 0.484 e. The van der Waals surface area contributed by atoms with Crippen molar-refractivity contribution in [2.45, 2.75) is 27.0 Å². The van der Waals surface area contributed by atoms with Gasteiger partial charge in [0.15, 0.2) is 6.61 Å². The molecule has 25 heavy (non-hydrogen) atoms. The highest BCUT2D eigenvalue weighted by Crippen LogP contribution is 2.21. The molecule has 0 atom stereocenters. The normalized spacial score (nSPS) is 10.3. The highest BCUT2D eigenvalue weighted by molar-refractivity contribution is 5.46. The number of ether oxygens (including phenoxy) is 1. The third-order valence-corrected chi connectivity index (χ3v) is 3.80. The standard InChI is InChI=1S/C20H19N3O2/c1-14-7-9-16(10-8-14)12-22-20-17(11-21)23-19(25-20)13-24-18-6-4-3-5-15(18)2/h3-10,22H,12-13H2,1-2H3. The highest BCUT2D eigenvalue weighted by Gasteiger charge is 2.13. The number of rotatable bonds is 6. The predicted octanol–water partition coefficient (Wildman–Crippen LogP) is 4.35. The van der Waals surface area contributed by atoms with Crippen LogP contribution in [0.2, 0.25) is 0 Å². The zero-order valence-corrected chi connectivity index (χ0v) is 14.2. The fourth-order valence-corrected chi connectivity index (χ4v) is 2.37. The molecule has 1 heterocycles. The summed E-state index contributed by atoms with van der Waals surface area (Å²) in [6.45, 7) is 4.75. The Kier molecular flexibility index (Phi) is 5.00. The molecule has 0 amide bonds. The summed E-state index contributed by atoms with van der Waals surface area (Å²) in [5.41, 5.74) is 3.57. The van der Waals surface area contributed by atoms with E-state index in [1.807, 2.05) is 68.4 Å². The smallest absolute Gasteiger partial charge is 0.236 e. The van der Waals surface area contributed by atoms with Crippen LogP contribution in [0.4, 0.5) is 5.88 Å². The van der Waals surface area contributed by atoms with Gasteiger partial charge in [0.25, 0.3) is 0 Å². The SMILES string of the molecule is Cc1ccc(CNc2oc(COc3ccccc3C)nc2C#N)cc1. The molecule has 0 aliphatic carbocycles. The number of nitrogens with one attached hydrogen (secondary N) is 1. The van der Waals surface area contributed by atoms with Crippen molar-refractivity contribution in [1.29, 1.82) is 5.26 Å². The van der Waals surface area contributed by atoms with Crippen molar-refractivity contribution < 1.29 is 9.15 Å². The van der Waals surface area contributed by atoms with Crippen LogP contribution in [-0.2, 0) is 13.2 Å². The van der Waals surface area contributed by atoms with Crippen LogP contribution in [0.1, 0.15) is 28.3 Å². The number of para-hydroxylation sites is 1. The maximum atomic E-state index is 9.24. The number of anilines is 1. The second-order valence-electron chi connectivity index (χ2n) is 5.79. The third-order valence-electron chi connectivity index (χ3n) is 3.80. The maximum Gasteiger partial charge on any atom is 0.236 e. The van der Waals surface area contributed by atoms with Crippen LogP contribution >= 0.6 is 0 Å². The van der Waals surface area contributed by atoms with E-state index in [0.717, 1.165) is 16.9 Å². The van der Waals surface area contributed by atoms with Crippen LogP contribution in [0.3, 0.4) is 0 Å². The number of hydrogen-bond acceptors (Lipinski definition) is 5. The van der Waals surface area contributed by atoms with Crippen LogP contribution < -0.4 is 10.1 Å². The van der Waals surface area contributed by atoms with E-state index in [1.54, 1.807) is 0 Å². The van der Waals surface area contributed by atoms with Gasteiger partial charge >= 0.3 is 0 Å². The molecule has 5 nitrogen and oxygen atoms in total. The molecule has 0 radical (unpaired) electrons. The first-order valence-electron chi connectivity index (χ1n) is 8.03. The molecule has 0 fully saturated rings. The molecule has 5 heteroatoms. The molecule has 0 aliphatic rings. The molecule has 0 saturated carbocycles. The molecule has 0 aliphatic heterocycles. The molecule has 3 aromatic rings. The molecule has 0 spiro atoms. The first-order chi connectivity index (χ1) is 12.2. The Bertz CT molecular complexity index is 892. The van der Waals surface area contributed by atoms with Gasteiger partial charge in [0.1, 0.15) is 11.8 Å². The second-order valence-corrected chi connectivity index (χ2v) is 5.79.